The van der Waals surface area contributed by atoms with Crippen molar-refractivity contribution in [2.45, 2.75) is 6.42 Å². The fraction of sp³-hybridized carbons (Fsp3) is 0.385. The van der Waals surface area contributed by atoms with Gasteiger partial charge in [-0.15, -0.1) is 0 Å². The maximum atomic E-state index is 12.1. The number of nitrogens with zero attached hydrogens (tertiary/aromatic N) is 1. The second kappa shape index (κ2) is 6.25. The normalized spacial score (nSPS) is 15.5. The Balaban J connectivity index is 2.12. The summed E-state index contributed by atoms with van der Waals surface area (Å²) < 4.78 is 0. The Morgan fingerprint density at radius 1 is 1.25 bits per heavy atom. The summed E-state index contributed by atoms with van der Waals surface area (Å²) in [6.45, 7) is 2.78. The van der Waals surface area contributed by atoms with Crippen LogP contribution in [0, 0.1) is 0 Å². The maximum absolute atomic E-state index is 12.1. The number of carboxylic acids is 1. The van der Waals surface area contributed by atoms with Crippen molar-refractivity contribution < 1.29 is 19.8 Å². The molecule has 0 aliphatic carbocycles. The van der Waals surface area contributed by atoms with Gasteiger partial charge in [-0.1, -0.05) is 0 Å². The molecule has 0 unspecified atom stereocenters. The number of phenols is 1. The van der Waals surface area contributed by atoms with Crippen molar-refractivity contribution in [1.82, 2.24) is 10.2 Å². The van der Waals surface area contributed by atoms with Crippen LogP contribution in [0.1, 0.15) is 16.8 Å². The smallest absolute Gasteiger partial charge is 0.337 e. The van der Waals surface area contributed by atoms with Gasteiger partial charge < -0.3 is 25.7 Å². The zero-order valence-electron chi connectivity index (χ0n) is 10.9. The summed E-state index contributed by atoms with van der Waals surface area (Å²) >= 11 is 0. The van der Waals surface area contributed by atoms with E-state index in [0.29, 0.717) is 13.1 Å². The minimum atomic E-state index is -1.20. The Kier molecular flexibility index (Phi) is 4.41. The van der Waals surface area contributed by atoms with Gasteiger partial charge >= 0.3 is 12.0 Å². The quantitative estimate of drug-likeness (QED) is 0.603. The van der Waals surface area contributed by atoms with E-state index in [0.717, 1.165) is 25.6 Å². The predicted octanol–water partition coefficient (Wildman–Crippen LogP) is 0.918. The number of urea groups is 1. The lowest BCUT2D eigenvalue weighted by atomic mass is 10.1. The second-order valence-electron chi connectivity index (χ2n) is 4.56. The Labute approximate surface area is 116 Å². The van der Waals surface area contributed by atoms with Crippen molar-refractivity contribution in [3.63, 3.8) is 0 Å². The van der Waals surface area contributed by atoms with Crippen LogP contribution in [0.2, 0.25) is 0 Å². The van der Waals surface area contributed by atoms with E-state index < -0.39 is 5.97 Å². The number of nitrogens with one attached hydrogen (secondary N) is 2. The molecule has 1 saturated heterocycles. The van der Waals surface area contributed by atoms with Crippen LogP contribution < -0.4 is 10.6 Å². The van der Waals surface area contributed by atoms with E-state index in [4.69, 9.17) is 5.11 Å². The molecule has 0 atom stereocenters. The molecule has 2 rings (SSSR count). The Bertz CT molecular complexity index is 510. The molecule has 2 amide bonds. The standard InChI is InChI=1S/C13H17N3O4/c17-9-2-3-11(10(8-9)12(18)19)15-13(20)16-6-1-4-14-5-7-16/h2-3,8,14,17H,1,4-7H2,(H,15,20)(H,18,19). The molecular weight excluding hydrogens is 262 g/mol. The summed E-state index contributed by atoms with van der Waals surface area (Å²) in [5, 5.41) is 24.2. The summed E-state index contributed by atoms with van der Waals surface area (Å²) in [5.74, 6) is -1.35. The number of anilines is 1. The molecule has 7 heteroatoms. The number of carbonyl (C=O) groups is 2. The lowest BCUT2D eigenvalue weighted by Crippen LogP contribution is -2.37. The van der Waals surface area contributed by atoms with E-state index in [9.17, 15) is 14.7 Å². The molecule has 7 nitrogen and oxygen atoms in total. The molecule has 0 radical (unpaired) electrons. The largest absolute Gasteiger partial charge is 0.508 e. The number of aromatic hydroxyl groups is 1. The first-order valence-electron chi connectivity index (χ1n) is 6.41. The van der Waals surface area contributed by atoms with Gasteiger partial charge in [-0.25, -0.2) is 9.59 Å². The summed E-state index contributed by atoms with van der Waals surface area (Å²) in [6.07, 6.45) is 0.856. The van der Waals surface area contributed by atoms with E-state index >= 15 is 0 Å². The highest BCUT2D eigenvalue weighted by Crippen LogP contribution is 2.21. The molecule has 4 N–H and O–H groups in total. The molecule has 0 saturated carbocycles. The van der Waals surface area contributed by atoms with Gasteiger partial charge in [0.05, 0.1) is 11.3 Å². The first-order valence-corrected chi connectivity index (χ1v) is 6.41. The first-order chi connectivity index (χ1) is 9.58. The van der Waals surface area contributed by atoms with Gasteiger partial charge in [-0.2, -0.15) is 0 Å². The van der Waals surface area contributed by atoms with Crippen molar-refractivity contribution in [2.24, 2.45) is 0 Å². The zero-order valence-corrected chi connectivity index (χ0v) is 10.9. The van der Waals surface area contributed by atoms with Gasteiger partial charge in [0, 0.05) is 19.6 Å². The van der Waals surface area contributed by atoms with Gasteiger partial charge in [0.15, 0.2) is 0 Å². The fourth-order valence-corrected chi connectivity index (χ4v) is 2.06. The number of hydrogen-bond acceptors (Lipinski definition) is 4. The highest BCUT2D eigenvalue weighted by molar-refractivity contribution is 6.00. The van der Waals surface area contributed by atoms with E-state index in [2.05, 4.69) is 10.6 Å². The van der Waals surface area contributed by atoms with E-state index in [1.165, 1.54) is 12.1 Å². The van der Waals surface area contributed by atoms with Crippen molar-refractivity contribution in [1.29, 1.82) is 0 Å². The number of phenolic OH excluding ortho intramolecular Hbond substituents is 1. The molecule has 0 spiro atoms. The highest BCUT2D eigenvalue weighted by atomic mass is 16.4. The van der Waals surface area contributed by atoms with Gasteiger partial charge in [-0.3, -0.25) is 0 Å². The number of carboxylic acid groups (broad SMARTS) is 1. The average Bonchev–Trinajstić information content (AvgIpc) is 2.69. The number of rotatable bonds is 2. The topological polar surface area (TPSA) is 102 Å². The van der Waals surface area contributed by atoms with Gasteiger partial charge in [0.1, 0.15) is 5.75 Å². The highest BCUT2D eigenvalue weighted by Gasteiger charge is 2.18. The molecule has 1 aliphatic heterocycles. The minimum Gasteiger partial charge on any atom is -0.508 e. The summed E-state index contributed by atoms with van der Waals surface area (Å²) in [6, 6.07) is 3.50. The molecule has 1 aliphatic rings. The third-order valence-corrected chi connectivity index (χ3v) is 3.10. The van der Waals surface area contributed by atoms with Crippen LogP contribution in [0.25, 0.3) is 0 Å². The van der Waals surface area contributed by atoms with E-state index in [1.807, 2.05) is 0 Å². The molecule has 1 aromatic rings. The van der Waals surface area contributed by atoms with Crippen molar-refractivity contribution in [2.75, 3.05) is 31.5 Å². The number of carbonyl (C=O) groups excluding carboxylic acids is 1. The van der Waals surface area contributed by atoms with Crippen LogP contribution >= 0.6 is 0 Å². The summed E-state index contributed by atoms with van der Waals surface area (Å²) in [5.41, 5.74) is 0.0452. The van der Waals surface area contributed by atoms with Crippen molar-refractivity contribution >= 4 is 17.7 Å². The van der Waals surface area contributed by atoms with Crippen LogP contribution in [0.3, 0.4) is 0 Å². The fourth-order valence-electron chi connectivity index (χ4n) is 2.06. The molecule has 108 valence electrons. The Morgan fingerprint density at radius 3 is 2.80 bits per heavy atom. The third kappa shape index (κ3) is 3.39. The van der Waals surface area contributed by atoms with Gasteiger partial charge in [-0.05, 0) is 31.2 Å². The SMILES string of the molecule is O=C(O)c1cc(O)ccc1NC(=O)N1CCCNCC1. The molecule has 1 aromatic carbocycles. The van der Waals surface area contributed by atoms with Crippen LogP contribution in [0.15, 0.2) is 18.2 Å². The molecule has 0 aromatic heterocycles. The number of benzene rings is 1. The van der Waals surface area contributed by atoms with Crippen LogP contribution in [0.4, 0.5) is 10.5 Å². The minimum absolute atomic E-state index is 0.133. The zero-order chi connectivity index (χ0) is 14.5. The molecular formula is C13H17N3O4. The van der Waals surface area contributed by atoms with Crippen molar-refractivity contribution in [3.8, 4) is 5.75 Å². The second-order valence-corrected chi connectivity index (χ2v) is 4.56. The molecule has 1 fully saturated rings. The number of amides is 2. The van der Waals surface area contributed by atoms with Crippen LogP contribution in [0.5, 0.6) is 5.75 Å². The third-order valence-electron chi connectivity index (χ3n) is 3.10. The lowest BCUT2D eigenvalue weighted by molar-refractivity contribution is 0.0697. The number of hydrogen-bond donors (Lipinski definition) is 4. The molecule has 0 bridgehead atoms. The van der Waals surface area contributed by atoms with Crippen molar-refractivity contribution in [3.05, 3.63) is 23.8 Å². The lowest BCUT2D eigenvalue weighted by Gasteiger charge is -2.21. The maximum Gasteiger partial charge on any atom is 0.337 e. The van der Waals surface area contributed by atoms with E-state index in [1.54, 1.807) is 4.90 Å². The monoisotopic (exact) mass is 279 g/mol. The summed E-state index contributed by atoms with van der Waals surface area (Å²) in [7, 11) is 0. The van der Waals surface area contributed by atoms with Gasteiger partial charge in [0.25, 0.3) is 0 Å². The Morgan fingerprint density at radius 2 is 2.05 bits per heavy atom. The van der Waals surface area contributed by atoms with E-state index in [-0.39, 0.29) is 23.0 Å². The van der Waals surface area contributed by atoms with Crippen LogP contribution in [-0.4, -0.2) is 53.3 Å². The molecule has 20 heavy (non-hydrogen) atoms. The predicted molar refractivity (Wildman–Crippen MR) is 73.1 cm³/mol. The van der Waals surface area contributed by atoms with Gasteiger partial charge in [0.2, 0.25) is 0 Å². The average molecular weight is 279 g/mol. The Hall–Kier alpha value is -2.28. The summed E-state index contributed by atoms with van der Waals surface area (Å²) in [4.78, 5) is 24.8. The first kappa shape index (κ1) is 14.1. The number of aromatic carboxylic acids is 1. The van der Waals surface area contributed by atoms with Crippen LogP contribution in [-0.2, 0) is 0 Å². The molecule has 1 heterocycles.